The molecule has 1 aromatic rings. The number of hydrogen-bond donors (Lipinski definition) is 2. The third-order valence-electron chi connectivity index (χ3n) is 3.68. The minimum Gasteiger partial charge on any atom is -0.388 e. The summed E-state index contributed by atoms with van der Waals surface area (Å²) in [4.78, 5) is 13.4. The lowest BCUT2D eigenvalue weighted by atomic mass is 9.97. The molecule has 1 aliphatic heterocycles. The summed E-state index contributed by atoms with van der Waals surface area (Å²) >= 11 is 0. The molecule has 0 saturated carbocycles. The second-order valence-electron chi connectivity index (χ2n) is 4.87. The van der Waals surface area contributed by atoms with Gasteiger partial charge in [-0.1, -0.05) is 30.4 Å². The van der Waals surface area contributed by atoms with Gasteiger partial charge in [-0.2, -0.15) is 0 Å². The first-order valence-electron chi connectivity index (χ1n) is 6.43. The molecular weight excluding hydrogens is 240 g/mol. The zero-order valence-electron chi connectivity index (χ0n) is 10.5. The van der Waals surface area contributed by atoms with Crippen molar-refractivity contribution < 1.29 is 9.90 Å². The maximum Gasteiger partial charge on any atom is 0.323 e. The van der Waals surface area contributed by atoms with Crippen LogP contribution in [0.5, 0.6) is 0 Å². The average Bonchev–Trinajstić information content (AvgIpc) is 2.53. The van der Waals surface area contributed by atoms with Crippen LogP contribution in [0.15, 0.2) is 47.7 Å². The summed E-state index contributed by atoms with van der Waals surface area (Å²) in [5.41, 5.74) is 8.91. The van der Waals surface area contributed by atoms with Crippen LogP contribution in [0.4, 0.5) is 10.5 Å². The Morgan fingerprint density at radius 1 is 1.37 bits per heavy atom. The van der Waals surface area contributed by atoms with Crippen molar-refractivity contribution >= 4 is 11.7 Å². The van der Waals surface area contributed by atoms with Gasteiger partial charge in [-0.05, 0) is 24.5 Å². The molecular formula is C15H16N2O2. The van der Waals surface area contributed by atoms with Crippen LogP contribution >= 0.6 is 0 Å². The fourth-order valence-corrected chi connectivity index (χ4v) is 2.83. The van der Waals surface area contributed by atoms with E-state index in [0.29, 0.717) is 12.1 Å². The molecule has 0 fully saturated rings. The van der Waals surface area contributed by atoms with E-state index >= 15 is 0 Å². The third-order valence-corrected chi connectivity index (χ3v) is 3.68. The Morgan fingerprint density at radius 3 is 2.95 bits per heavy atom. The summed E-state index contributed by atoms with van der Waals surface area (Å²) in [7, 11) is 0. The number of aliphatic hydroxyl groups excluding tert-OH is 1. The first-order valence-corrected chi connectivity index (χ1v) is 6.43. The van der Waals surface area contributed by atoms with Gasteiger partial charge < -0.3 is 10.8 Å². The van der Waals surface area contributed by atoms with Crippen LogP contribution in [0.3, 0.4) is 0 Å². The van der Waals surface area contributed by atoms with Crippen LogP contribution in [-0.2, 0) is 0 Å². The Balaban J connectivity index is 2.21. The Labute approximate surface area is 111 Å². The lowest BCUT2D eigenvalue weighted by molar-refractivity contribution is 0.180. The van der Waals surface area contributed by atoms with Gasteiger partial charge in [-0.3, -0.25) is 4.90 Å². The van der Waals surface area contributed by atoms with E-state index in [9.17, 15) is 9.90 Å². The van der Waals surface area contributed by atoms with E-state index in [0.717, 1.165) is 29.7 Å². The van der Waals surface area contributed by atoms with Gasteiger partial charge in [-0.25, -0.2) is 4.79 Å². The molecule has 1 aromatic carbocycles. The summed E-state index contributed by atoms with van der Waals surface area (Å²) in [6.45, 7) is 0. The zero-order valence-corrected chi connectivity index (χ0v) is 10.5. The summed E-state index contributed by atoms with van der Waals surface area (Å²) in [5, 5.41) is 10.3. The number of benzene rings is 1. The van der Waals surface area contributed by atoms with Crippen molar-refractivity contribution in [3.8, 4) is 0 Å². The molecule has 0 saturated heterocycles. The number of nitrogens with zero attached hydrogens (tertiary/aromatic N) is 1. The summed E-state index contributed by atoms with van der Waals surface area (Å²) < 4.78 is 0. The molecule has 19 heavy (non-hydrogen) atoms. The molecule has 1 atom stereocenters. The van der Waals surface area contributed by atoms with Crippen LogP contribution in [-0.4, -0.2) is 11.1 Å². The number of nitrogens with two attached hydrogens (primary N) is 1. The highest BCUT2D eigenvalue weighted by Crippen LogP contribution is 2.40. The van der Waals surface area contributed by atoms with Crippen LogP contribution in [0, 0.1) is 0 Å². The van der Waals surface area contributed by atoms with Gasteiger partial charge in [-0.15, -0.1) is 0 Å². The van der Waals surface area contributed by atoms with Crippen molar-refractivity contribution in [1.29, 1.82) is 0 Å². The summed E-state index contributed by atoms with van der Waals surface area (Å²) in [6.07, 6.45) is 5.64. The second kappa shape index (κ2) is 4.55. The maximum atomic E-state index is 11.8. The van der Waals surface area contributed by atoms with Crippen molar-refractivity contribution in [3.05, 3.63) is 53.3 Å². The Bertz CT molecular complexity index is 590. The number of carbonyl (C=O) groups excluding carboxylic acids is 1. The van der Waals surface area contributed by atoms with E-state index in [-0.39, 0.29) is 0 Å². The highest BCUT2D eigenvalue weighted by molar-refractivity contribution is 5.95. The highest BCUT2D eigenvalue weighted by Gasteiger charge is 2.29. The van der Waals surface area contributed by atoms with Crippen molar-refractivity contribution in [2.75, 3.05) is 4.90 Å². The molecule has 0 spiro atoms. The molecule has 4 heteroatoms. The molecule has 98 valence electrons. The Kier molecular flexibility index (Phi) is 2.87. The number of carbonyl (C=O) groups is 1. The minimum absolute atomic E-state index is 0.496. The van der Waals surface area contributed by atoms with E-state index in [4.69, 9.17) is 5.73 Å². The number of anilines is 1. The van der Waals surface area contributed by atoms with E-state index in [2.05, 4.69) is 6.08 Å². The van der Waals surface area contributed by atoms with Crippen LogP contribution in [0.25, 0.3) is 0 Å². The van der Waals surface area contributed by atoms with Gasteiger partial charge in [0.2, 0.25) is 0 Å². The fourth-order valence-electron chi connectivity index (χ4n) is 2.83. The number of amides is 2. The molecule has 3 rings (SSSR count). The Morgan fingerprint density at radius 2 is 2.16 bits per heavy atom. The molecule has 2 aliphatic rings. The number of rotatable bonds is 0. The highest BCUT2D eigenvalue weighted by atomic mass is 16.3. The molecule has 0 aromatic heterocycles. The average molecular weight is 256 g/mol. The first-order chi connectivity index (χ1) is 9.18. The van der Waals surface area contributed by atoms with Gasteiger partial charge in [0.1, 0.15) is 0 Å². The molecule has 1 aliphatic carbocycles. The predicted molar refractivity (Wildman–Crippen MR) is 73.5 cm³/mol. The van der Waals surface area contributed by atoms with Gasteiger partial charge in [0, 0.05) is 17.7 Å². The van der Waals surface area contributed by atoms with Crippen molar-refractivity contribution in [2.24, 2.45) is 5.73 Å². The topological polar surface area (TPSA) is 66.6 Å². The van der Waals surface area contributed by atoms with Crippen molar-refractivity contribution in [2.45, 2.75) is 25.4 Å². The SMILES string of the molecule is NC(=O)N1C2=C(C=CCC2)C[C@H](O)c2ccccc21. The first kappa shape index (κ1) is 12.0. The predicted octanol–water partition coefficient (Wildman–Crippen LogP) is 2.61. The lowest BCUT2D eigenvalue weighted by Crippen LogP contribution is -2.36. The molecule has 0 bridgehead atoms. The fraction of sp³-hybridized carbons (Fsp3) is 0.267. The van der Waals surface area contributed by atoms with Crippen molar-refractivity contribution in [1.82, 2.24) is 0 Å². The quantitative estimate of drug-likeness (QED) is 0.749. The Hall–Kier alpha value is -2.07. The smallest absolute Gasteiger partial charge is 0.323 e. The zero-order chi connectivity index (χ0) is 13.4. The maximum absolute atomic E-state index is 11.8. The van der Waals surface area contributed by atoms with Crippen molar-refractivity contribution in [3.63, 3.8) is 0 Å². The number of hydrogen-bond acceptors (Lipinski definition) is 2. The van der Waals surface area contributed by atoms with Gasteiger partial charge >= 0.3 is 6.03 Å². The molecule has 3 N–H and O–H groups in total. The van der Waals surface area contributed by atoms with Gasteiger partial charge in [0.15, 0.2) is 0 Å². The van der Waals surface area contributed by atoms with Gasteiger partial charge in [0.05, 0.1) is 11.8 Å². The van der Waals surface area contributed by atoms with Crippen LogP contribution in [0.1, 0.15) is 30.9 Å². The third kappa shape index (κ3) is 1.94. The standard InChI is InChI=1S/C15H16N2O2/c16-15(19)17-12-7-3-1-5-10(12)9-14(18)11-6-2-4-8-13(11)17/h1-2,4-6,8,14,18H,3,7,9H2,(H2,16,19)/t14-/m0/s1. The monoisotopic (exact) mass is 256 g/mol. The number of allylic oxidation sites excluding steroid dienone is 3. The van der Waals surface area contributed by atoms with E-state index < -0.39 is 12.1 Å². The normalized spacial score (nSPS) is 21.7. The van der Waals surface area contributed by atoms with E-state index in [1.165, 1.54) is 0 Å². The molecule has 0 radical (unpaired) electrons. The number of aliphatic hydroxyl groups is 1. The molecule has 2 amide bonds. The number of primary amides is 1. The number of urea groups is 1. The number of para-hydroxylation sites is 1. The summed E-state index contributed by atoms with van der Waals surface area (Å²) in [6, 6.07) is 6.90. The van der Waals surface area contributed by atoms with Gasteiger partial charge in [0.25, 0.3) is 0 Å². The number of fused-ring (bicyclic) bond motifs is 1. The largest absolute Gasteiger partial charge is 0.388 e. The lowest BCUT2D eigenvalue weighted by Gasteiger charge is -2.26. The molecule has 0 unspecified atom stereocenters. The second-order valence-corrected chi connectivity index (χ2v) is 4.87. The van der Waals surface area contributed by atoms with E-state index in [1.807, 2.05) is 30.3 Å². The molecule has 1 heterocycles. The van der Waals surface area contributed by atoms with Crippen LogP contribution in [0.2, 0.25) is 0 Å². The van der Waals surface area contributed by atoms with Crippen LogP contribution < -0.4 is 10.6 Å². The van der Waals surface area contributed by atoms with E-state index in [1.54, 1.807) is 4.90 Å². The summed E-state index contributed by atoms with van der Waals surface area (Å²) in [5.74, 6) is 0. The minimum atomic E-state index is -0.603. The molecule has 4 nitrogen and oxygen atoms in total.